The van der Waals surface area contributed by atoms with Crippen LogP contribution in [0.4, 0.5) is 4.39 Å². The summed E-state index contributed by atoms with van der Waals surface area (Å²) in [5, 5.41) is 2.05. The van der Waals surface area contributed by atoms with Crippen molar-refractivity contribution in [3.8, 4) is 0 Å². The number of fused-ring (bicyclic) bond motifs is 1. The summed E-state index contributed by atoms with van der Waals surface area (Å²) in [4.78, 5) is 31.4. The van der Waals surface area contributed by atoms with Gasteiger partial charge in [0, 0.05) is 22.9 Å². The third-order valence-electron chi connectivity index (χ3n) is 5.80. The SMILES string of the molecule is CCC(C)N(CC(=O)N1CCc2sccc2C1c1ccc(F)cc1)C(=O)C(C)(C)C. The molecule has 0 saturated heterocycles. The van der Waals surface area contributed by atoms with Crippen molar-refractivity contribution in [2.24, 2.45) is 5.41 Å². The molecule has 4 nitrogen and oxygen atoms in total. The summed E-state index contributed by atoms with van der Waals surface area (Å²) < 4.78 is 13.5. The van der Waals surface area contributed by atoms with Crippen LogP contribution in [0.1, 0.15) is 63.1 Å². The molecule has 1 aliphatic heterocycles. The Hall–Kier alpha value is -2.21. The van der Waals surface area contributed by atoms with E-state index in [0.717, 1.165) is 24.0 Å². The van der Waals surface area contributed by atoms with Crippen LogP contribution in [0.2, 0.25) is 0 Å². The molecule has 0 spiro atoms. The second kappa shape index (κ2) is 8.88. The van der Waals surface area contributed by atoms with Gasteiger partial charge in [-0.3, -0.25) is 9.59 Å². The lowest BCUT2D eigenvalue weighted by Crippen LogP contribution is -2.51. The molecule has 0 radical (unpaired) electrons. The van der Waals surface area contributed by atoms with Crippen molar-refractivity contribution >= 4 is 23.2 Å². The van der Waals surface area contributed by atoms with E-state index in [-0.39, 0.29) is 36.3 Å². The van der Waals surface area contributed by atoms with Crippen LogP contribution < -0.4 is 0 Å². The quantitative estimate of drug-likeness (QED) is 0.667. The second-order valence-corrected chi connectivity index (χ2v) is 10.0. The van der Waals surface area contributed by atoms with E-state index in [0.29, 0.717) is 6.54 Å². The molecule has 1 aliphatic rings. The maximum atomic E-state index is 13.5. The minimum atomic E-state index is -0.553. The van der Waals surface area contributed by atoms with E-state index in [1.54, 1.807) is 28.4 Å². The summed E-state index contributed by atoms with van der Waals surface area (Å²) in [7, 11) is 0. The monoisotopic (exact) mass is 430 g/mol. The van der Waals surface area contributed by atoms with Gasteiger partial charge in [-0.15, -0.1) is 11.3 Å². The van der Waals surface area contributed by atoms with Crippen LogP contribution >= 0.6 is 11.3 Å². The Morgan fingerprint density at radius 1 is 1.23 bits per heavy atom. The molecule has 1 aromatic carbocycles. The minimum Gasteiger partial charge on any atom is -0.330 e. The highest BCUT2D eigenvalue weighted by atomic mass is 32.1. The van der Waals surface area contributed by atoms with E-state index in [1.165, 1.54) is 17.0 Å². The Bertz CT molecular complexity index is 901. The number of hydrogen-bond donors (Lipinski definition) is 0. The first-order valence-electron chi connectivity index (χ1n) is 10.6. The van der Waals surface area contributed by atoms with E-state index in [4.69, 9.17) is 0 Å². The molecule has 2 amide bonds. The molecule has 2 unspecified atom stereocenters. The lowest BCUT2D eigenvalue weighted by atomic mass is 9.92. The summed E-state index contributed by atoms with van der Waals surface area (Å²) in [6, 6.07) is 8.16. The summed E-state index contributed by atoms with van der Waals surface area (Å²) in [6.07, 6.45) is 1.58. The molecule has 1 aromatic heterocycles. The highest BCUT2D eigenvalue weighted by Gasteiger charge is 2.36. The van der Waals surface area contributed by atoms with Gasteiger partial charge in [-0.2, -0.15) is 0 Å². The molecule has 0 N–H and O–H groups in total. The van der Waals surface area contributed by atoms with Crippen LogP contribution in [0, 0.1) is 11.2 Å². The fourth-order valence-electron chi connectivity index (χ4n) is 3.91. The zero-order valence-electron chi connectivity index (χ0n) is 18.4. The van der Waals surface area contributed by atoms with Gasteiger partial charge < -0.3 is 9.80 Å². The first-order valence-corrected chi connectivity index (χ1v) is 11.4. The largest absolute Gasteiger partial charge is 0.330 e. The van der Waals surface area contributed by atoms with Gasteiger partial charge in [0.05, 0.1) is 6.04 Å². The van der Waals surface area contributed by atoms with Crippen LogP contribution in [0.3, 0.4) is 0 Å². The molecule has 2 aromatic rings. The number of rotatable bonds is 5. The molecule has 0 fully saturated rings. The molecule has 2 heterocycles. The number of halogens is 1. The zero-order chi connectivity index (χ0) is 22.1. The highest BCUT2D eigenvalue weighted by molar-refractivity contribution is 7.10. The molecule has 2 atom stereocenters. The number of amides is 2. The van der Waals surface area contributed by atoms with E-state index in [9.17, 15) is 14.0 Å². The molecule has 0 aliphatic carbocycles. The Balaban J connectivity index is 1.92. The number of thiophene rings is 1. The first-order chi connectivity index (χ1) is 14.1. The van der Waals surface area contributed by atoms with E-state index >= 15 is 0 Å². The Labute approximate surface area is 182 Å². The van der Waals surface area contributed by atoms with Crippen LogP contribution in [-0.4, -0.2) is 40.7 Å². The van der Waals surface area contributed by atoms with Gasteiger partial charge in [-0.25, -0.2) is 4.39 Å². The average molecular weight is 431 g/mol. The van der Waals surface area contributed by atoms with Crippen molar-refractivity contribution in [3.63, 3.8) is 0 Å². The maximum absolute atomic E-state index is 13.5. The fourth-order valence-corrected chi connectivity index (χ4v) is 4.81. The van der Waals surface area contributed by atoms with Gasteiger partial charge in [0.1, 0.15) is 12.4 Å². The van der Waals surface area contributed by atoms with E-state index in [1.807, 2.05) is 44.9 Å². The normalized spacial score (nSPS) is 17.4. The lowest BCUT2D eigenvalue weighted by molar-refractivity contribution is -0.148. The predicted molar refractivity (Wildman–Crippen MR) is 119 cm³/mol. The topological polar surface area (TPSA) is 40.6 Å². The minimum absolute atomic E-state index is 0.0169. The predicted octanol–water partition coefficient (Wildman–Crippen LogP) is 5.03. The van der Waals surface area contributed by atoms with Gasteiger partial charge in [0.2, 0.25) is 11.8 Å². The zero-order valence-corrected chi connectivity index (χ0v) is 19.3. The van der Waals surface area contributed by atoms with Gasteiger partial charge in [-0.1, -0.05) is 39.8 Å². The summed E-state index contributed by atoms with van der Waals surface area (Å²) in [5.74, 6) is -0.382. The van der Waals surface area contributed by atoms with Crippen LogP contribution in [0.15, 0.2) is 35.7 Å². The lowest BCUT2D eigenvalue weighted by Gasteiger charge is -2.39. The molecule has 30 heavy (non-hydrogen) atoms. The molecule has 6 heteroatoms. The molecule has 162 valence electrons. The van der Waals surface area contributed by atoms with Gasteiger partial charge in [-0.05, 0) is 54.5 Å². The Morgan fingerprint density at radius 2 is 1.90 bits per heavy atom. The van der Waals surface area contributed by atoms with E-state index < -0.39 is 5.41 Å². The summed E-state index contributed by atoms with van der Waals surface area (Å²) >= 11 is 1.69. The van der Waals surface area contributed by atoms with Crippen molar-refractivity contribution in [2.45, 2.75) is 59.5 Å². The molecular formula is C24H31FN2O2S. The average Bonchev–Trinajstić information content (AvgIpc) is 3.19. The van der Waals surface area contributed by atoms with Crippen LogP contribution in [0.25, 0.3) is 0 Å². The molecule has 0 bridgehead atoms. The summed E-state index contributed by atoms with van der Waals surface area (Å²) in [6.45, 7) is 10.3. The summed E-state index contributed by atoms with van der Waals surface area (Å²) in [5.41, 5.74) is 1.44. The molecular weight excluding hydrogens is 399 g/mol. The number of carbonyl (C=O) groups excluding carboxylic acids is 2. The number of nitrogens with zero attached hydrogens (tertiary/aromatic N) is 2. The van der Waals surface area contributed by atoms with Gasteiger partial charge >= 0.3 is 0 Å². The first kappa shape index (κ1) is 22.5. The smallest absolute Gasteiger partial charge is 0.243 e. The van der Waals surface area contributed by atoms with Crippen molar-refractivity contribution in [1.82, 2.24) is 9.80 Å². The van der Waals surface area contributed by atoms with Crippen LogP contribution in [0.5, 0.6) is 0 Å². The standard InChI is InChI=1S/C24H31FN2O2S/c1-6-16(2)27(23(29)24(3,4)5)15-21(28)26-13-11-20-19(12-14-30-20)22(26)17-7-9-18(25)10-8-17/h7-10,12,14,16,22H,6,11,13,15H2,1-5H3. The third kappa shape index (κ3) is 4.59. The van der Waals surface area contributed by atoms with Crippen molar-refractivity contribution in [1.29, 1.82) is 0 Å². The van der Waals surface area contributed by atoms with Crippen molar-refractivity contribution in [2.75, 3.05) is 13.1 Å². The van der Waals surface area contributed by atoms with Gasteiger partial charge in [0.25, 0.3) is 0 Å². The van der Waals surface area contributed by atoms with E-state index in [2.05, 4.69) is 6.07 Å². The second-order valence-electron chi connectivity index (χ2n) is 9.03. The van der Waals surface area contributed by atoms with Crippen LogP contribution in [-0.2, 0) is 16.0 Å². The molecule has 0 saturated carbocycles. The van der Waals surface area contributed by atoms with Crippen molar-refractivity contribution < 1.29 is 14.0 Å². The number of hydrogen-bond acceptors (Lipinski definition) is 3. The maximum Gasteiger partial charge on any atom is 0.243 e. The third-order valence-corrected chi connectivity index (χ3v) is 6.80. The fraction of sp³-hybridized carbons (Fsp3) is 0.500. The van der Waals surface area contributed by atoms with Gasteiger partial charge in [0.15, 0.2) is 0 Å². The highest BCUT2D eigenvalue weighted by Crippen LogP contribution is 2.38. The Morgan fingerprint density at radius 3 is 2.50 bits per heavy atom. The Kier molecular flexibility index (Phi) is 6.65. The van der Waals surface area contributed by atoms with Crippen molar-refractivity contribution in [3.05, 3.63) is 57.5 Å². The number of benzene rings is 1. The molecule has 3 rings (SSSR count). The number of carbonyl (C=O) groups is 2.